The predicted octanol–water partition coefficient (Wildman–Crippen LogP) is 8.16. The van der Waals surface area contributed by atoms with Gasteiger partial charge in [0.25, 0.3) is 0 Å². The van der Waals surface area contributed by atoms with Gasteiger partial charge in [0.15, 0.2) is 0 Å². The minimum atomic E-state index is -6.32. The smallest absolute Gasteiger partial charge is 0.341 e. The number of benzene rings is 2. The molecule has 0 fully saturated rings. The summed E-state index contributed by atoms with van der Waals surface area (Å²) in [7, 11) is 1.62. The molecule has 0 bridgehead atoms. The third kappa shape index (κ3) is 5.53. The molecule has 0 unspecified atom stereocenters. The van der Waals surface area contributed by atoms with Crippen molar-refractivity contribution in [1.82, 2.24) is 14.7 Å². The van der Waals surface area contributed by atoms with Crippen LogP contribution in [-0.2, 0) is 17.0 Å². The van der Waals surface area contributed by atoms with Crippen LogP contribution in [0, 0.1) is 0 Å². The average Bonchev–Trinajstić information content (AvgIpc) is 3.26. The minimum Gasteiger partial charge on any atom is -0.341 e. The molecule has 0 saturated carbocycles. The first-order valence-corrected chi connectivity index (χ1v) is 11.5. The topological polar surface area (TPSA) is 38.1 Å². The van der Waals surface area contributed by atoms with Gasteiger partial charge < -0.3 is 4.90 Å². The van der Waals surface area contributed by atoms with Crippen molar-refractivity contribution >= 4 is 40.7 Å². The maximum absolute atomic E-state index is 14.5. The molecule has 0 saturated heterocycles. The molecule has 14 heteroatoms. The summed E-state index contributed by atoms with van der Waals surface area (Å²) < 4.78 is 94.3. The second kappa shape index (κ2) is 10.3. The highest BCUT2D eigenvalue weighted by atomic mass is 35.5. The standard InChI is InChI=1S/C23H17Cl3F7N3O/c1-3-19(37)35(2)10-13-6-12(4-5-16(13)24)14-9-34-36(11-14)20-17(25)7-15(8-18(20)26)21(27,22(28,29)30)23(31,32)33/h4-9,11H,3,10H2,1-2H3. The van der Waals surface area contributed by atoms with E-state index >= 15 is 0 Å². The zero-order valence-corrected chi connectivity index (χ0v) is 21.3. The van der Waals surface area contributed by atoms with Crippen LogP contribution >= 0.6 is 34.8 Å². The highest BCUT2D eigenvalue weighted by Crippen LogP contribution is 2.54. The summed E-state index contributed by atoms with van der Waals surface area (Å²) in [6, 6.07) is 5.36. The fraction of sp³-hybridized carbons (Fsp3) is 0.304. The van der Waals surface area contributed by atoms with E-state index in [-0.39, 0.29) is 30.3 Å². The second-order valence-electron chi connectivity index (χ2n) is 8.03. The second-order valence-corrected chi connectivity index (χ2v) is 9.25. The van der Waals surface area contributed by atoms with Gasteiger partial charge in [-0.3, -0.25) is 4.79 Å². The third-order valence-electron chi connectivity index (χ3n) is 5.52. The fourth-order valence-corrected chi connectivity index (χ4v) is 4.39. The molecule has 0 N–H and O–H groups in total. The first kappa shape index (κ1) is 29.1. The lowest BCUT2D eigenvalue weighted by atomic mass is 9.94. The number of nitrogens with zero attached hydrogens (tertiary/aromatic N) is 3. The monoisotopic (exact) mass is 589 g/mol. The Balaban J connectivity index is 2.02. The van der Waals surface area contributed by atoms with Gasteiger partial charge in [0.2, 0.25) is 5.91 Å². The Morgan fingerprint density at radius 1 is 0.919 bits per heavy atom. The molecule has 0 spiro atoms. The van der Waals surface area contributed by atoms with Gasteiger partial charge in [-0.05, 0) is 35.4 Å². The molecule has 0 aliphatic carbocycles. The van der Waals surface area contributed by atoms with Crippen molar-refractivity contribution in [2.45, 2.75) is 37.9 Å². The largest absolute Gasteiger partial charge is 0.435 e. The van der Waals surface area contributed by atoms with Crippen molar-refractivity contribution in [2.24, 2.45) is 0 Å². The van der Waals surface area contributed by atoms with Crippen LogP contribution in [0.25, 0.3) is 16.8 Å². The van der Waals surface area contributed by atoms with Crippen LogP contribution in [-0.4, -0.2) is 40.0 Å². The Kier molecular flexibility index (Phi) is 8.12. The maximum Gasteiger partial charge on any atom is 0.435 e. The van der Waals surface area contributed by atoms with E-state index < -0.39 is 33.6 Å². The molecule has 0 aliphatic heterocycles. The molecule has 3 aromatic rings. The van der Waals surface area contributed by atoms with Gasteiger partial charge in [0.05, 0.1) is 16.2 Å². The van der Waals surface area contributed by atoms with Crippen molar-refractivity contribution in [3.63, 3.8) is 0 Å². The Morgan fingerprint density at radius 3 is 2.00 bits per heavy atom. The lowest BCUT2D eigenvalue weighted by Gasteiger charge is -2.30. The lowest BCUT2D eigenvalue weighted by Crippen LogP contribution is -2.50. The van der Waals surface area contributed by atoms with E-state index in [1.165, 1.54) is 17.3 Å². The number of aromatic nitrogens is 2. The molecule has 1 aromatic heterocycles. The van der Waals surface area contributed by atoms with Crippen LogP contribution in [0.4, 0.5) is 30.7 Å². The Morgan fingerprint density at radius 2 is 1.49 bits per heavy atom. The van der Waals surface area contributed by atoms with Gasteiger partial charge in [-0.1, -0.05) is 47.8 Å². The zero-order chi connectivity index (χ0) is 27.9. The van der Waals surface area contributed by atoms with Gasteiger partial charge in [0, 0.05) is 42.4 Å². The Labute approximate surface area is 221 Å². The van der Waals surface area contributed by atoms with Crippen molar-refractivity contribution in [3.05, 3.63) is 68.9 Å². The lowest BCUT2D eigenvalue weighted by molar-refractivity contribution is -0.348. The van der Waals surface area contributed by atoms with Gasteiger partial charge >= 0.3 is 18.0 Å². The molecule has 37 heavy (non-hydrogen) atoms. The summed E-state index contributed by atoms with van der Waals surface area (Å²) in [6.45, 7) is 1.93. The van der Waals surface area contributed by atoms with E-state index in [0.717, 1.165) is 4.68 Å². The number of hydrogen-bond donors (Lipinski definition) is 0. The summed E-state index contributed by atoms with van der Waals surface area (Å²) in [5, 5.41) is 3.06. The molecular formula is C23H17Cl3F7N3O. The van der Waals surface area contributed by atoms with Crippen LogP contribution in [0.2, 0.25) is 15.1 Å². The van der Waals surface area contributed by atoms with Crippen molar-refractivity contribution in [2.75, 3.05) is 7.05 Å². The summed E-state index contributed by atoms with van der Waals surface area (Å²) in [5.74, 6) is -0.102. The Bertz CT molecular complexity index is 1280. The zero-order valence-electron chi connectivity index (χ0n) is 19.0. The van der Waals surface area contributed by atoms with Crippen molar-refractivity contribution < 1.29 is 35.5 Å². The van der Waals surface area contributed by atoms with E-state index in [9.17, 15) is 35.5 Å². The summed E-state index contributed by atoms with van der Waals surface area (Å²) in [4.78, 5) is 13.4. The van der Waals surface area contributed by atoms with Crippen LogP contribution in [0.1, 0.15) is 24.5 Å². The quantitative estimate of drug-likeness (QED) is 0.272. The number of rotatable bonds is 6. The first-order chi connectivity index (χ1) is 17.0. The average molecular weight is 591 g/mol. The molecular weight excluding hydrogens is 574 g/mol. The number of hydrogen-bond acceptors (Lipinski definition) is 2. The summed E-state index contributed by atoms with van der Waals surface area (Å²) in [6.07, 6.45) is -9.62. The fourth-order valence-electron chi connectivity index (χ4n) is 3.55. The highest BCUT2D eigenvalue weighted by molar-refractivity contribution is 6.38. The highest BCUT2D eigenvalue weighted by Gasteiger charge is 2.73. The molecule has 2 aromatic carbocycles. The SMILES string of the molecule is CCC(=O)N(C)Cc1cc(-c2cnn(-c3c(Cl)cc(C(F)(C(F)(F)F)C(F)(F)F)cc3Cl)c2)ccc1Cl. The number of halogens is 10. The number of alkyl halides is 7. The van der Waals surface area contributed by atoms with E-state index in [0.29, 0.717) is 28.1 Å². The van der Waals surface area contributed by atoms with Gasteiger partial charge in [-0.25, -0.2) is 9.07 Å². The maximum atomic E-state index is 14.5. The molecule has 3 rings (SSSR count). The first-order valence-electron chi connectivity index (χ1n) is 10.4. The van der Waals surface area contributed by atoms with Gasteiger partial charge in [-0.2, -0.15) is 31.4 Å². The normalized spacial score (nSPS) is 12.6. The molecule has 200 valence electrons. The van der Waals surface area contributed by atoms with E-state index in [1.807, 2.05) is 0 Å². The van der Waals surface area contributed by atoms with E-state index in [1.54, 1.807) is 32.2 Å². The molecule has 4 nitrogen and oxygen atoms in total. The third-order valence-corrected chi connectivity index (χ3v) is 6.47. The number of carbonyl (C=O) groups excluding carboxylic acids is 1. The molecule has 0 aliphatic rings. The molecule has 0 radical (unpaired) electrons. The number of carbonyl (C=O) groups is 1. The van der Waals surface area contributed by atoms with Crippen LogP contribution in [0.3, 0.4) is 0 Å². The van der Waals surface area contributed by atoms with Crippen LogP contribution in [0.5, 0.6) is 0 Å². The Hall–Kier alpha value is -2.50. The predicted molar refractivity (Wildman–Crippen MR) is 126 cm³/mol. The van der Waals surface area contributed by atoms with Crippen molar-refractivity contribution in [3.8, 4) is 16.8 Å². The van der Waals surface area contributed by atoms with Gasteiger partial charge in [0.1, 0.15) is 5.69 Å². The van der Waals surface area contributed by atoms with Gasteiger partial charge in [-0.15, -0.1) is 0 Å². The summed E-state index contributed by atoms with van der Waals surface area (Å²) >= 11 is 18.2. The minimum absolute atomic E-state index is 0.102. The molecule has 1 amide bonds. The van der Waals surface area contributed by atoms with Crippen molar-refractivity contribution in [1.29, 1.82) is 0 Å². The van der Waals surface area contributed by atoms with Crippen LogP contribution in [0.15, 0.2) is 42.7 Å². The van der Waals surface area contributed by atoms with E-state index in [4.69, 9.17) is 34.8 Å². The summed E-state index contributed by atoms with van der Waals surface area (Å²) in [5.41, 5.74) is -6.09. The van der Waals surface area contributed by atoms with Crippen LogP contribution < -0.4 is 0 Å². The number of amides is 1. The van der Waals surface area contributed by atoms with E-state index in [2.05, 4.69) is 5.10 Å². The molecule has 1 heterocycles. The molecule has 0 atom stereocenters.